The molecule has 53 heavy (non-hydrogen) atoms. The highest BCUT2D eigenvalue weighted by molar-refractivity contribution is 5.77. The average Bonchev–Trinajstić information content (AvgIpc) is 3.15. The number of carbonyl (C=O) groups is 2. The number of rotatable bonds is 41. The van der Waals surface area contributed by atoms with Gasteiger partial charge in [0.05, 0.1) is 25.2 Å². The first kappa shape index (κ1) is 51.3. The van der Waals surface area contributed by atoms with Crippen molar-refractivity contribution in [2.45, 2.75) is 257 Å². The Hall–Kier alpha value is -1.66. The molecule has 0 aliphatic carbocycles. The topological polar surface area (TPSA) is 95.9 Å². The zero-order chi connectivity index (χ0) is 38.9. The summed E-state index contributed by atoms with van der Waals surface area (Å²) in [4.78, 5) is 25.9. The van der Waals surface area contributed by atoms with Crippen LogP contribution >= 0.6 is 0 Å². The Balaban J connectivity index is 4.49. The summed E-state index contributed by atoms with van der Waals surface area (Å²) in [6.07, 6.45) is 45.3. The summed E-state index contributed by atoms with van der Waals surface area (Å²) in [5, 5.41) is 23.6. The molecule has 3 atom stereocenters. The van der Waals surface area contributed by atoms with Gasteiger partial charge in [-0.25, -0.2) is 0 Å². The van der Waals surface area contributed by atoms with Gasteiger partial charge in [-0.1, -0.05) is 180 Å². The van der Waals surface area contributed by atoms with Crippen molar-refractivity contribution in [3.05, 3.63) is 24.3 Å². The van der Waals surface area contributed by atoms with Crippen LogP contribution in [0.4, 0.5) is 0 Å². The number of hydrogen-bond acceptors (Lipinski definition) is 5. The third kappa shape index (κ3) is 37.1. The molecule has 6 heteroatoms. The Morgan fingerprint density at radius 3 is 1.43 bits per heavy atom. The number of hydrogen-bond donors (Lipinski definition) is 3. The Bertz CT molecular complexity index is 843. The standard InChI is InChI=1S/C47H89NO5/c1-4-7-10-13-16-19-21-23-25-27-30-33-36-39-45(50)44(42-49)48-46(51)41-43(38-35-32-29-18-15-12-9-6-3)53-47(52)40-37-34-31-28-26-24-22-20-17-14-11-8-5-2/h12,15,24,26,43-45,49-50H,4-11,13-14,16-23,25,27-42H2,1-3H3,(H,48,51)/b15-12-,26-24-. The molecule has 0 radical (unpaired) electrons. The molecule has 0 aliphatic rings. The summed E-state index contributed by atoms with van der Waals surface area (Å²) in [7, 11) is 0. The normalized spacial score (nSPS) is 13.5. The molecule has 0 heterocycles. The van der Waals surface area contributed by atoms with E-state index in [2.05, 4.69) is 50.4 Å². The van der Waals surface area contributed by atoms with Gasteiger partial charge in [-0.15, -0.1) is 0 Å². The van der Waals surface area contributed by atoms with Crippen molar-refractivity contribution in [1.82, 2.24) is 5.32 Å². The fourth-order valence-electron chi connectivity index (χ4n) is 6.96. The lowest BCUT2D eigenvalue weighted by atomic mass is 10.0. The fraction of sp³-hybridized carbons (Fsp3) is 0.872. The molecule has 0 aromatic carbocycles. The number of aliphatic hydroxyl groups excluding tert-OH is 2. The zero-order valence-electron chi connectivity index (χ0n) is 35.4. The summed E-state index contributed by atoms with van der Waals surface area (Å²) in [5.41, 5.74) is 0. The SMILES string of the molecule is CCC/C=C\CCCCCC(CC(=O)NC(CO)C(O)CCCCCCCCCCCCCCC)OC(=O)CCCCC/C=C\CCCCCCCC. The molecular formula is C47H89NO5. The minimum Gasteiger partial charge on any atom is -0.462 e. The lowest BCUT2D eigenvalue weighted by Crippen LogP contribution is -2.46. The maximum Gasteiger partial charge on any atom is 0.306 e. The van der Waals surface area contributed by atoms with E-state index in [9.17, 15) is 19.8 Å². The van der Waals surface area contributed by atoms with Gasteiger partial charge in [0, 0.05) is 6.42 Å². The van der Waals surface area contributed by atoms with Gasteiger partial charge >= 0.3 is 5.97 Å². The second-order valence-electron chi connectivity index (χ2n) is 15.8. The summed E-state index contributed by atoms with van der Waals surface area (Å²) >= 11 is 0. The largest absolute Gasteiger partial charge is 0.462 e. The lowest BCUT2D eigenvalue weighted by Gasteiger charge is -2.24. The molecule has 6 nitrogen and oxygen atoms in total. The number of amides is 1. The highest BCUT2D eigenvalue weighted by atomic mass is 16.5. The molecule has 0 aromatic heterocycles. The highest BCUT2D eigenvalue weighted by Crippen LogP contribution is 2.17. The van der Waals surface area contributed by atoms with E-state index in [0.717, 1.165) is 83.5 Å². The Labute approximate surface area is 329 Å². The van der Waals surface area contributed by atoms with Crippen molar-refractivity contribution in [3.63, 3.8) is 0 Å². The average molecular weight is 748 g/mol. The van der Waals surface area contributed by atoms with Crippen LogP contribution in [0.1, 0.15) is 239 Å². The first-order chi connectivity index (χ1) is 26.0. The molecular weight excluding hydrogens is 659 g/mol. The third-order valence-corrected chi connectivity index (χ3v) is 10.5. The molecule has 312 valence electrons. The van der Waals surface area contributed by atoms with Crippen molar-refractivity contribution < 1.29 is 24.5 Å². The van der Waals surface area contributed by atoms with Crippen molar-refractivity contribution in [1.29, 1.82) is 0 Å². The Morgan fingerprint density at radius 2 is 0.943 bits per heavy atom. The first-order valence-electron chi connectivity index (χ1n) is 23.1. The predicted octanol–water partition coefficient (Wildman–Crippen LogP) is 13.2. The van der Waals surface area contributed by atoms with Crippen LogP contribution in [-0.2, 0) is 14.3 Å². The second kappa shape index (κ2) is 41.5. The first-order valence-corrected chi connectivity index (χ1v) is 23.1. The molecule has 3 unspecified atom stereocenters. The Morgan fingerprint density at radius 1 is 0.528 bits per heavy atom. The van der Waals surface area contributed by atoms with Gasteiger partial charge in [-0.2, -0.15) is 0 Å². The zero-order valence-corrected chi connectivity index (χ0v) is 35.4. The van der Waals surface area contributed by atoms with E-state index in [-0.39, 0.29) is 24.9 Å². The van der Waals surface area contributed by atoms with Crippen molar-refractivity contribution in [2.75, 3.05) is 6.61 Å². The smallest absolute Gasteiger partial charge is 0.306 e. The second-order valence-corrected chi connectivity index (χ2v) is 15.8. The molecule has 0 saturated heterocycles. The van der Waals surface area contributed by atoms with Crippen LogP contribution < -0.4 is 5.32 Å². The van der Waals surface area contributed by atoms with E-state index in [1.807, 2.05) is 0 Å². The van der Waals surface area contributed by atoms with E-state index in [0.29, 0.717) is 19.3 Å². The van der Waals surface area contributed by atoms with Gasteiger partial charge in [0.2, 0.25) is 5.91 Å². The van der Waals surface area contributed by atoms with E-state index in [1.165, 1.54) is 109 Å². The van der Waals surface area contributed by atoms with Crippen molar-refractivity contribution in [2.24, 2.45) is 0 Å². The quantitative estimate of drug-likeness (QED) is 0.0329. The van der Waals surface area contributed by atoms with Crippen LogP contribution in [0.3, 0.4) is 0 Å². The number of carbonyl (C=O) groups excluding carboxylic acids is 2. The predicted molar refractivity (Wildman–Crippen MR) is 227 cm³/mol. The van der Waals surface area contributed by atoms with Crippen LogP contribution in [0.15, 0.2) is 24.3 Å². The highest BCUT2D eigenvalue weighted by Gasteiger charge is 2.24. The summed E-state index contributed by atoms with van der Waals surface area (Å²) in [6.45, 7) is 6.39. The van der Waals surface area contributed by atoms with Gasteiger partial charge < -0.3 is 20.3 Å². The fourth-order valence-corrected chi connectivity index (χ4v) is 6.96. The van der Waals surface area contributed by atoms with E-state index in [4.69, 9.17) is 4.74 Å². The van der Waals surface area contributed by atoms with Gasteiger partial charge in [0.25, 0.3) is 0 Å². The summed E-state index contributed by atoms with van der Waals surface area (Å²) in [5.74, 6) is -0.508. The minimum absolute atomic E-state index is 0.0630. The van der Waals surface area contributed by atoms with Crippen molar-refractivity contribution >= 4 is 11.9 Å². The number of aliphatic hydroxyl groups is 2. The number of unbranched alkanes of at least 4 members (excludes halogenated alkanes) is 25. The molecule has 0 saturated carbocycles. The van der Waals surface area contributed by atoms with Gasteiger partial charge in [0.1, 0.15) is 6.10 Å². The number of nitrogens with one attached hydrogen (secondary N) is 1. The van der Waals surface area contributed by atoms with Gasteiger partial charge in [-0.05, 0) is 70.6 Å². The lowest BCUT2D eigenvalue weighted by molar-refractivity contribution is -0.151. The molecule has 0 aromatic rings. The van der Waals surface area contributed by atoms with Gasteiger partial charge in [-0.3, -0.25) is 9.59 Å². The van der Waals surface area contributed by atoms with Crippen LogP contribution in [-0.4, -0.2) is 46.9 Å². The molecule has 0 spiro atoms. The van der Waals surface area contributed by atoms with E-state index in [1.54, 1.807) is 0 Å². The van der Waals surface area contributed by atoms with E-state index < -0.39 is 18.2 Å². The maximum atomic E-state index is 13.1. The molecule has 1 amide bonds. The summed E-state index contributed by atoms with van der Waals surface area (Å²) < 4.78 is 5.86. The monoisotopic (exact) mass is 748 g/mol. The number of ether oxygens (including phenoxy) is 1. The van der Waals surface area contributed by atoms with E-state index >= 15 is 0 Å². The summed E-state index contributed by atoms with van der Waals surface area (Å²) in [6, 6.07) is -0.703. The molecule has 0 aliphatic heterocycles. The minimum atomic E-state index is -0.788. The number of esters is 1. The van der Waals surface area contributed by atoms with Crippen LogP contribution in [0, 0.1) is 0 Å². The molecule has 3 N–H and O–H groups in total. The molecule has 0 rings (SSSR count). The molecule has 0 bridgehead atoms. The van der Waals surface area contributed by atoms with Crippen LogP contribution in [0.5, 0.6) is 0 Å². The van der Waals surface area contributed by atoms with Crippen molar-refractivity contribution in [3.8, 4) is 0 Å². The maximum absolute atomic E-state index is 13.1. The molecule has 0 fully saturated rings. The van der Waals surface area contributed by atoms with Gasteiger partial charge in [0.15, 0.2) is 0 Å². The van der Waals surface area contributed by atoms with Crippen LogP contribution in [0.2, 0.25) is 0 Å². The van der Waals surface area contributed by atoms with Crippen LogP contribution in [0.25, 0.3) is 0 Å². The Kier molecular flexibility index (Phi) is 40.2. The number of allylic oxidation sites excluding steroid dienone is 4. The third-order valence-electron chi connectivity index (χ3n) is 10.5.